The third-order valence-electron chi connectivity index (χ3n) is 2.94. The number of hydrogen-bond acceptors (Lipinski definition) is 7. The summed E-state index contributed by atoms with van der Waals surface area (Å²) in [4.78, 5) is 12.3. The molecule has 1 aromatic heterocycles. The van der Waals surface area contributed by atoms with Gasteiger partial charge >= 0.3 is 6.01 Å². The number of hydrogen-bond donors (Lipinski definition) is 3. The molecule has 1 fully saturated rings. The lowest BCUT2D eigenvalue weighted by atomic mass is 10.1. The molecule has 0 atom stereocenters. The van der Waals surface area contributed by atoms with E-state index in [1.165, 1.54) is 7.11 Å². The second kappa shape index (κ2) is 4.70. The van der Waals surface area contributed by atoms with Gasteiger partial charge in [0, 0.05) is 19.0 Å². The molecule has 3 N–H and O–H groups in total. The summed E-state index contributed by atoms with van der Waals surface area (Å²) in [6.07, 6.45) is 2.08. The monoisotopic (exact) mass is 239 g/mol. The minimum Gasteiger partial charge on any atom is -0.467 e. The van der Waals surface area contributed by atoms with Gasteiger partial charge < -0.3 is 20.5 Å². The Bertz CT molecular complexity index is 372. The number of rotatable bonds is 6. The van der Waals surface area contributed by atoms with Crippen molar-refractivity contribution in [3.63, 3.8) is 0 Å². The van der Waals surface area contributed by atoms with Crippen molar-refractivity contribution in [3.8, 4) is 6.01 Å². The van der Waals surface area contributed by atoms with Gasteiger partial charge in [0.15, 0.2) is 0 Å². The molecule has 1 saturated carbocycles. The number of aliphatic hydroxyl groups is 1. The molecule has 1 aromatic rings. The van der Waals surface area contributed by atoms with Gasteiger partial charge in [0.05, 0.1) is 13.7 Å². The number of nitrogens with zero attached hydrogens (tertiary/aromatic N) is 3. The van der Waals surface area contributed by atoms with Crippen LogP contribution < -0.4 is 15.4 Å². The molecule has 0 aromatic carbocycles. The van der Waals surface area contributed by atoms with Crippen LogP contribution in [0.4, 0.5) is 11.9 Å². The Morgan fingerprint density at radius 3 is 2.53 bits per heavy atom. The van der Waals surface area contributed by atoms with Gasteiger partial charge in [-0.15, -0.1) is 0 Å². The lowest BCUT2D eigenvalue weighted by Crippen LogP contribution is -2.20. The van der Waals surface area contributed by atoms with Crippen molar-refractivity contribution in [2.75, 3.05) is 37.9 Å². The molecule has 7 heteroatoms. The average Bonchev–Trinajstić information content (AvgIpc) is 3.16. The Labute approximate surface area is 99.6 Å². The van der Waals surface area contributed by atoms with Crippen molar-refractivity contribution >= 4 is 11.9 Å². The van der Waals surface area contributed by atoms with Gasteiger partial charge in [-0.1, -0.05) is 0 Å². The number of aliphatic hydroxyl groups excluding tert-OH is 1. The predicted octanol–water partition coefficient (Wildman–Crippen LogP) is 0.106. The molecule has 17 heavy (non-hydrogen) atoms. The highest BCUT2D eigenvalue weighted by Crippen LogP contribution is 2.44. The molecule has 2 rings (SSSR count). The van der Waals surface area contributed by atoms with E-state index in [1.807, 2.05) is 0 Å². The third kappa shape index (κ3) is 2.73. The van der Waals surface area contributed by atoms with Crippen LogP contribution in [-0.2, 0) is 0 Å². The van der Waals surface area contributed by atoms with Gasteiger partial charge in [-0.05, 0) is 12.8 Å². The lowest BCUT2D eigenvalue weighted by molar-refractivity contribution is 0.219. The van der Waals surface area contributed by atoms with Crippen molar-refractivity contribution in [2.24, 2.45) is 5.41 Å². The maximum absolute atomic E-state index is 9.21. The van der Waals surface area contributed by atoms with E-state index in [0.29, 0.717) is 18.4 Å². The van der Waals surface area contributed by atoms with Crippen LogP contribution in [0.2, 0.25) is 0 Å². The molecule has 0 amide bonds. The van der Waals surface area contributed by atoms with E-state index in [-0.39, 0.29) is 18.0 Å². The van der Waals surface area contributed by atoms with Gasteiger partial charge in [0.25, 0.3) is 0 Å². The molecule has 0 saturated heterocycles. The largest absolute Gasteiger partial charge is 0.467 e. The van der Waals surface area contributed by atoms with E-state index in [9.17, 15) is 5.11 Å². The number of aromatic nitrogens is 3. The summed E-state index contributed by atoms with van der Waals surface area (Å²) in [7, 11) is 3.24. The highest BCUT2D eigenvalue weighted by Gasteiger charge is 2.41. The van der Waals surface area contributed by atoms with Gasteiger partial charge in [-0.3, -0.25) is 0 Å². The third-order valence-corrected chi connectivity index (χ3v) is 2.94. The van der Waals surface area contributed by atoms with Crippen LogP contribution in [0.5, 0.6) is 6.01 Å². The first-order valence-corrected chi connectivity index (χ1v) is 5.54. The standard InChI is InChI=1S/C10H17N5O2/c1-11-7-13-8(15-9(14-7)17-2)12-5-10(6-16)3-4-10/h16H,3-6H2,1-2H3,(H2,11,12,13,14,15). The van der Waals surface area contributed by atoms with E-state index in [4.69, 9.17) is 4.74 Å². The van der Waals surface area contributed by atoms with Gasteiger partial charge in [-0.25, -0.2) is 0 Å². The average molecular weight is 239 g/mol. The zero-order chi connectivity index (χ0) is 12.3. The summed E-state index contributed by atoms with van der Waals surface area (Å²) in [5.74, 6) is 0.911. The second-order valence-electron chi connectivity index (χ2n) is 4.23. The van der Waals surface area contributed by atoms with Gasteiger partial charge in [-0.2, -0.15) is 15.0 Å². The maximum Gasteiger partial charge on any atom is 0.322 e. The molecule has 7 nitrogen and oxygen atoms in total. The summed E-state index contributed by atoms with van der Waals surface area (Å²) in [5, 5.41) is 15.1. The first-order chi connectivity index (χ1) is 8.21. The van der Waals surface area contributed by atoms with Crippen LogP contribution in [0.3, 0.4) is 0 Å². The molecule has 0 bridgehead atoms. The highest BCUT2D eigenvalue weighted by molar-refractivity contribution is 5.35. The molecule has 1 aliphatic carbocycles. The summed E-state index contributed by atoms with van der Waals surface area (Å²) in [6, 6.07) is 0.265. The Kier molecular flexibility index (Phi) is 3.28. The van der Waals surface area contributed by atoms with Crippen molar-refractivity contribution in [1.82, 2.24) is 15.0 Å². The van der Waals surface area contributed by atoms with E-state index < -0.39 is 0 Å². The molecule has 0 spiro atoms. The SMILES string of the molecule is CNc1nc(NCC2(CO)CC2)nc(OC)n1. The zero-order valence-corrected chi connectivity index (χ0v) is 10.0. The Hall–Kier alpha value is -1.63. The fourth-order valence-corrected chi connectivity index (χ4v) is 1.47. The van der Waals surface area contributed by atoms with Crippen molar-refractivity contribution in [3.05, 3.63) is 0 Å². The Morgan fingerprint density at radius 1 is 1.29 bits per heavy atom. The fourth-order valence-electron chi connectivity index (χ4n) is 1.47. The molecular formula is C10H17N5O2. The van der Waals surface area contributed by atoms with Crippen molar-refractivity contribution in [1.29, 1.82) is 0 Å². The van der Waals surface area contributed by atoms with Crippen LogP contribution in [0, 0.1) is 5.41 Å². The van der Waals surface area contributed by atoms with E-state index >= 15 is 0 Å². The second-order valence-corrected chi connectivity index (χ2v) is 4.23. The minimum atomic E-state index is 0.0136. The highest BCUT2D eigenvalue weighted by atomic mass is 16.5. The first-order valence-electron chi connectivity index (χ1n) is 5.54. The number of nitrogens with one attached hydrogen (secondary N) is 2. The normalized spacial score (nSPS) is 16.4. The predicted molar refractivity (Wildman–Crippen MR) is 63.2 cm³/mol. The van der Waals surface area contributed by atoms with E-state index in [1.54, 1.807) is 7.05 Å². The first kappa shape index (κ1) is 11.8. The fraction of sp³-hybridized carbons (Fsp3) is 0.700. The number of anilines is 2. The van der Waals surface area contributed by atoms with Crippen LogP contribution in [0.1, 0.15) is 12.8 Å². The molecular weight excluding hydrogens is 222 g/mol. The smallest absolute Gasteiger partial charge is 0.322 e. The lowest BCUT2D eigenvalue weighted by Gasteiger charge is -2.13. The van der Waals surface area contributed by atoms with Crippen LogP contribution >= 0.6 is 0 Å². The molecule has 1 aliphatic rings. The van der Waals surface area contributed by atoms with Gasteiger partial charge in [0.2, 0.25) is 11.9 Å². The summed E-state index contributed by atoms with van der Waals surface area (Å²) < 4.78 is 4.98. The van der Waals surface area contributed by atoms with Gasteiger partial charge in [0.1, 0.15) is 0 Å². The Morgan fingerprint density at radius 2 is 2.00 bits per heavy atom. The Balaban J connectivity index is 2.04. The van der Waals surface area contributed by atoms with Crippen molar-refractivity contribution in [2.45, 2.75) is 12.8 Å². The zero-order valence-electron chi connectivity index (χ0n) is 10.0. The topological polar surface area (TPSA) is 92.2 Å². The molecule has 0 radical (unpaired) electrons. The molecule has 0 aliphatic heterocycles. The van der Waals surface area contributed by atoms with E-state index in [0.717, 1.165) is 12.8 Å². The van der Waals surface area contributed by atoms with Crippen LogP contribution in [-0.4, -0.2) is 47.4 Å². The maximum atomic E-state index is 9.21. The molecule has 0 unspecified atom stereocenters. The summed E-state index contributed by atoms with van der Waals surface area (Å²) in [6.45, 7) is 0.862. The number of ether oxygens (including phenoxy) is 1. The molecule has 94 valence electrons. The van der Waals surface area contributed by atoms with E-state index in [2.05, 4.69) is 25.6 Å². The van der Waals surface area contributed by atoms with Crippen LogP contribution in [0.25, 0.3) is 0 Å². The van der Waals surface area contributed by atoms with Crippen LogP contribution in [0.15, 0.2) is 0 Å². The molecule has 1 heterocycles. The quantitative estimate of drug-likeness (QED) is 0.648. The number of methoxy groups -OCH3 is 1. The summed E-state index contributed by atoms with van der Waals surface area (Å²) in [5.41, 5.74) is 0.0136. The summed E-state index contributed by atoms with van der Waals surface area (Å²) >= 11 is 0. The minimum absolute atomic E-state index is 0.0136. The van der Waals surface area contributed by atoms with Crippen molar-refractivity contribution < 1.29 is 9.84 Å².